The minimum absolute atomic E-state index is 0.0804. The summed E-state index contributed by atoms with van der Waals surface area (Å²) in [4.78, 5) is 12.2. The van der Waals surface area contributed by atoms with E-state index in [1.54, 1.807) is 26.0 Å². The molecule has 0 bridgehead atoms. The predicted molar refractivity (Wildman–Crippen MR) is 94.2 cm³/mol. The third-order valence-electron chi connectivity index (χ3n) is 3.97. The lowest BCUT2D eigenvalue weighted by Gasteiger charge is -2.12. The highest BCUT2D eigenvalue weighted by atomic mass is 35.5. The Balaban J connectivity index is 1.97. The summed E-state index contributed by atoms with van der Waals surface area (Å²) in [5.41, 5.74) is 1.11. The molecule has 0 N–H and O–H groups in total. The van der Waals surface area contributed by atoms with Crippen molar-refractivity contribution in [3.05, 3.63) is 92.2 Å². The van der Waals surface area contributed by atoms with Crippen molar-refractivity contribution in [1.29, 1.82) is 0 Å². The fourth-order valence-corrected chi connectivity index (χ4v) is 2.96. The van der Waals surface area contributed by atoms with E-state index < -0.39 is 12.0 Å². The molecule has 0 aliphatic carbocycles. The number of rotatable bonds is 3. The first-order valence-corrected chi connectivity index (χ1v) is 8.05. The largest absolute Gasteiger partial charge is 0.466 e. The van der Waals surface area contributed by atoms with Crippen LogP contribution in [0.25, 0.3) is 11.1 Å². The lowest BCUT2D eigenvalue weighted by atomic mass is 9.98. The van der Waals surface area contributed by atoms with E-state index in [4.69, 9.17) is 16.0 Å². The molecule has 3 aromatic rings. The number of hydrogen-bond acceptors (Lipinski definition) is 2. The van der Waals surface area contributed by atoms with E-state index in [-0.39, 0.29) is 16.0 Å². The highest BCUT2D eigenvalue weighted by Gasteiger charge is 2.18. The Morgan fingerprint density at radius 1 is 1.04 bits per heavy atom. The van der Waals surface area contributed by atoms with Crippen molar-refractivity contribution in [3.8, 4) is 11.1 Å². The van der Waals surface area contributed by atoms with Crippen LogP contribution in [0.3, 0.4) is 0 Å². The molecule has 2 aromatic carbocycles. The number of alkyl halides is 1. The lowest BCUT2D eigenvalue weighted by Crippen LogP contribution is -2.06. The second-order valence-electron chi connectivity index (χ2n) is 5.80. The second kappa shape index (κ2) is 6.81. The molecule has 0 radical (unpaired) electrons. The van der Waals surface area contributed by atoms with Crippen molar-refractivity contribution in [2.24, 2.45) is 0 Å². The van der Waals surface area contributed by atoms with Crippen molar-refractivity contribution in [1.82, 2.24) is 0 Å². The average Bonchev–Trinajstić information content (AvgIpc) is 2.54. The zero-order chi connectivity index (χ0) is 18.1. The van der Waals surface area contributed by atoms with E-state index in [1.807, 2.05) is 0 Å². The van der Waals surface area contributed by atoms with Gasteiger partial charge in [0.15, 0.2) is 11.6 Å². The molecule has 25 heavy (non-hydrogen) atoms. The summed E-state index contributed by atoms with van der Waals surface area (Å²) in [6.07, 6.45) is -1.62. The molecule has 5 heteroatoms. The Kier molecular flexibility index (Phi) is 4.73. The van der Waals surface area contributed by atoms with Gasteiger partial charge in [0, 0.05) is 16.7 Å². The van der Waals surface area contributed by atoms with Crippen LogP contribution in [0.1, 0.15) is 28.8 Å². The molecule has 0 spiro atoms. The van der Waals surface area contributed by atoms with Gasteiger partial charge in [0.1, 0.15) is 17.3 Å². The molecular formula is C20H15ClF2O2. The quantitative estimate of drug-likeness (QED) is 0.593. The molecule has 2 nitrogen and oxygen atoms in total. The number of hydrogen-bond donors (Lipinski definition) is 0. The minimum Gasteiger partial charge on any atom is -0.466 e. The topological polar surface area (TPSA) is 30.2 Å². The summed E-state index contributed by atoms with van der Waals surface area (Å²) in [6, 6.07) is 11.6. The molecule has 1 atom stereocenters. The van der Waals surface area contributed by atoms with Gasteiger partial charge in [0.05, 0.1) is 5.56 Å². The van der Waals surface area contributed by atoms with Crippen LogP contribution in [-0.2, 0) is 0 Å². The van der Waals surface area contributed by atoms with Crippen LogP contribution in [-0.4, -0.2) is 0 Å². The van der Waals surface area contributed by atoms with E-state index in [9.17, 15) is 13.6 Å². The van der Waals surface area contributed by atoms with Gasteiger partial charge in [0.25, 0.3) is 0 Å². The Morgan fingerprint density at radius 2 is 1.72 bits per heavy atom. The molecule has 3 rings (SSSR count). The number of aryl methyl sites for hydroxylation is 2. The van der Waals surface area contributed by atoms with E-state index in [2.05, 4.69) is 0 Å². The average molecular weight is 361 g/mol. The molecule has 0 amide bonds. The third kappa shape index (κ3) is 3.49. The molecule has 1 unspecified atom stereocenters. The Bertz CT molecular complexity index is 978. The summed E-state index contributed by atoms with van der Waals surface area (Å²) >= 11 is 5.70. The number of benzene rings is 2. The van der Waals surface area contributed by atoms with Crippen LogP contribution in [0.15, 0.2) is 57.7 Å². The summed E-state index contributed by atoms with van der Waals surface area (Å²) in [7, 11) is 0. The Hall–Kier alpha value is -2.46. The smallest absolute Gasteiger partial charge is 0.193 e. The maximum Gasteiger partial charge on any atom is 0.193 e. The van der Waals surface area contributed by atoms with Gasteiger partial charge in [-0.2, -0.15) is 0 Å². The monoisotopic (exact) mass is 360 g/mol. The van der Waals surface area contributed by atoms with E-state index >= 15 is 0 Å². The summed E-state index contributed by atoms with van der Waals surface area (Å²) in [5, 5.41) is 0.213. The van der Waals surface area contributed by atoms with Gasteiger partial charge in [-0.05, 0) is 37.1 Å². The highest BCUT2D eigenvalue weighted by molar-refractivity contribution is 6.30. The lowest BCUT2D eigenvalue weighted by molar-refractivity contribution is 0.387. The molecule has 0 fully saturated rings. The van der Waals surface area contributed by atoms with Crippen LogP contribution >= 0.6 is 11.6 Å². The Labute approximate surface area is 148 Å². The van der Waals surface area contributed by atoms with E-state index in [0.717, 1.165) is 6.07 Å². The normalized spacial score (nSPS) is 12.2. The SMILES string of the molecule is Cc1cc(=O)c(-c2ccc(C(F)c3ccc(Cl)cc3F)cc2)c(C)o1. The first-order chi connectivity index (χ1) is 11.9. The van der Waals surface area contributed by atoms with Gasteiger partial charge in [-0.15, -0.1) is 0 Å². The van der Waals surface area contributed by atoms with Crippen LogP contribution in [0.4, 0.5) is 8.78 Å². The standard InChI is InChI=1S/C20H15ClF2O2/c1-11-9-18(24)19(12(2)25-11)13-3-5-14(6-4-13)20(23)16-8-7-15(21)10-17(16)22/h3-10,20H,1-2H3. The third-order valence-corrected chi connectivity index (χ3v) is 4.21. The summed E-state index contributed by atoms with van der Waals surface area (Å²) in [5.74, 6) is 0.335. The number of halogens is 3. The molecule has 0 saturated heterocycles. The van der Waals surface area contributed by atoms with Crippen molar-refractivity contribution < 1.29 is 13.2 Å². The molecule has 1 aromatic heterocycles. The fraction of sp³-hybridized carbons (Fsp3) is 0.150. The van der Waals surface area contributed by atoms with Gasteiger partial charge < -0.3 is 4.42 Å². The van der Waals surface area contributed by atoms with Crippen LogP contribution in [0.5, 0.6) is 0 Å². The zero-order valence-corrected chi connectivity index (χ0v) is 14.4. The molecule has 0 aliphatic rings. The van der Waals surface area contributed by atoms with Gasteiger partial charge >= 0.3 is 0 Å². The summed E-state index contributed by atoms with van der Waals surface area (Å²) < 4.78 is 34.0. The fourth-order valence-electron chi connectivity index (χ4n) is 2.80. The van der Waals surface area contributed by atoms with Crippen LogP contribution in [0, 0.1) is 19.7 Å². The van der Waals surface area contributed by atoms with Crippen molar-refractivity contribution in [3.63, 3.8) is 0 Å². The van der Waals surface area contributed by atoms with Crippen molar-refractivity contribution in [2.45, 2.75) is 20.0 Å². The Morgan fingerprint density at radius 3 is 2.32 bits per heavy atom. The minimum atomic E-state index is -1.62. The molecule has 0 saturated carbocycles. The van der Waals surface area contributed by atoms with E-state index in [1.165, 1.54) is 30.3 Å². The maximum atomic E-state index is 14.6. The zero-order valence-electron chi connectivity index (χ0n) is 13.6. The van der Waals surface area contributed by atoms with Crippen LogP contribution in [0.2, 0.25) is 5.02 Å². The maximum absolute atomic E-state index is 14.6. The molecular weight excluding hydrogens is 346 g/mol. The van der Waals surface area contributed by atoms with Gasteiger partial charge in [-0.1, -0.05) is 41.9 Å². The first-order valence-electron chi connectivity index (χ1n) is 7.67. The molecule has 128 valence electrons. The van der Waals surface area contributed by atoms with Crippen LogP contribution < -0.4 is 5.43 Å². The van der Waals surface area contributed by atoms with Gasteiger partial charge in [-0.25, -0.2) is 8.78 Å². The van der Waals surface area contributed by atoms with Gasteiger partial charge in [-0.3, -0.25) is 4.79 Å². The molecule has 0 aliphatic heterocycles. The first kappa shape index (κ1) is 17.4. The molecule has 1 heterocycles. The van der Waals surface area contributed by atoms with Gasteiger partial charge in [0.2, 0.25) is 0 Å². The predicted octanol–water partition coefficient (Wildman–Crippen LogP) is 5.78. The summed E-state index contributed by atoms with van der Waals surface area (Å²) in [6.45, 7) is 3.41. The van der Waals surface area contributed by atoms with Crippen molar-refractivity contribution >= 4 is 11.6 Å². The second-order valence-corrected chi connectivity index (χ2v) is 6.24. The van der Waals surface area contributed by atoms with Crippen molar-refractivity contribution in [2.75, 3.05) is 0 Å². The van der Waals surface area contributed by atoms with E-state index in [0.29, 0.717) is 28.2 Å². The highest BCUT2D eigenvalue weighted by Crippen LogP contribution is 2.31.